The standard InChI is InChI=1S/C16H21FN2O2S/c17-12-4-6-14(7-5-12)22-10-8-16(21)19-9-2-1-3-13(19)11-15(18)20/h4-7,13H,1-3,8-11H2,(H2,18,20)/t13-/m1/s1. The van der Waals surface area contributed by atoms with Gasteiger partial charge in [0, 0.05) is 36.1 Å². The van der Waals surface area contributed by atoms with Crippen LogP contribution < -0.4 is 5.73 Å². The summed E-state index contributed by atoms with van der Waals surface area (Å²) in [6.45, 7) is 0.706. The minimum absolute atomic E-state index is 0.0467. The Balaban J connectivity index is 1.82. The number of carbonyl (C=O) groups is 2. The smallest absolute Gasteiger partial charge is 0.223 e. The molecule has 0 bridgehead atoms. The number of carbonyl (C=O) groups excluding carboxylic acids is 2. The summed E-state index contributed by atoms with van der Waals surface area (Å²) in [5, 5.41) is 0. The van der Waals surface area contributed by atoms with Gasteiger partial charge in [0.25, 0.3) is 0 Å². The van der Waals surface area contributed by atoms with Crippen LogP contribution in [-0.4, -0.2) is 35.1 Å². The van der Waals surface area contributed by atoms with Crippen molar-refractivity contribution in [3.63, 3.8) is 0 Å². The molecule has 1 aromatic carbocycles. The number of piperidine rings is 1. The second kappa shape index (κ2) is 8.17. The van der Waals surface area contributed by atoms with Crippen LogP contribution in [0.4, 0.5) is 4.39 Å². The summed E-state index contributed by atoms with van der Waals surface area (Å²) in [6, 6.07) is 6.20. The summed E-state index contributed by atoms with van der Waals surface area (Å²) in [5.74, 6) is 0.0959. The lowest BCUT2D eigenvalue weighted by molar-refractivity contribution is -0.135. The first-order valence-corrected chi connectivity index (χ1v) is 8.51. The molecule has 22 heavy (non-hydrogen) atoms. The monoisotopic (exact) mass is 324 g/mol. The molecule has 4 nitrogen and oxygen atoms in total. The predicted octanol–water partition coefficient (Wildman–Crippen LogP) is 2.56. The van der Waals surface area contributed by atoms with Gasteiger partial charge in [-0.15, -0.1) is 11.8 Å². The van der Waals surface area contributed by atoms with Crippen LogP contribution in [-0.2, 0) is 9.59 Å². The van der Waals surface area contributed by atoms with Gasteiger partial charge in [-0.2, -0.15) is 0 Å². The van der Waals surface area contributed by atoms with E-state index in [4.69, 9.17) is 5.73 Å². The van der Waals surface area contributed by atoms with E-state index >= 15 is 0 Å². The molecular weight excluding hydrogens is 303 g/mol. The molecule has 1 aliphatic rings. The number of primary amides is 1. The van der Waals surface area contributed by atoms with Crippen LogP contribution in [0, 0.1) is 5.82 Å². The summed E-state index contributed by atoms with van der Waals surface area (Å²) in [4.78, 5) is 26.2. The highest BCUT2D eigenvalue weighted by atomic mass is 32.2. The fraction of sp³-hybridized carbons (Fsp3) is 0.500. The summed E-state index contributed by atoms with van der Waals surface area (Å²) in [7, 11) is 0. The molecular formula is C16H21FN2O2S. The number of benzene rings is 1. The largest absolute Gasteiger partial charge is 0.370 e. The maximum atomic E-state index is 12.8. The van der Waals surface area contributed by atoms with Crippen molar-refractivity contribution in [1.29, 1.82) is 0 Å². The van der Waals surface area contributed by atoms with E-state index in [1.807, 2.05) is 0 Å². The molecule has 0 saturated carbocycles. The SMILES string of the molecule is NC(=O)C[C@H]1CCCCN1C(=O)CCSc1ccc(F)cc1. The van der Waals surface area contributed by atoms with Crippen LogP contribution in [0.5, 0.6) is 0 Å². The van der Waals surface area contributed by atoms with E-state index in [2.05, 4.69) is 0 Å². The Morgan fingerprint density at radius 1 is 1.27 bits per heavy atom. The minimum Gasteiger partial charge on any atom is -0.370 e. The molecule has 0 spiro atoms. The molecule has 6 heteroatoms. The summed E-state index contributed by atoms with van der Waals surface area (Å²) < 4.78 is 12.8. The second-order valence-corrected chi connectivity index (χ2v) is 6.63. The molecule has 1 atom stereocenters. The van der Waals surface area contributed by atoms with Crippen molar-refractivity contribution in [1.82, 2.24) is 4.90 Å². The van der Waals surface area contributed by atoms with Gasteiger partial charge in [-0.25, -0.2) is 4.39 Å². The van der Waals surface area contributed by atoms with Gasteiger partial charge in [0.2, 0.25) is 11.8 Å². The first-order chi connectivity index (χ1) is 10.6. The number of likely N-dealkylation sites (tertiary alicyclic amines) is 1. The molecule has 1 heterocycles. The lowest BCUT2D eigenvalue weighted by Crippen LogP contribution is -2.45. The van der Waals surface area contributed by atoms with Crippen molar-refractivity contribution >= 4 is 23.6 Å². The first-order valence-electron chi connectivity index (χ1n) is 7.52. The van der Waals surface area contributed by atoms with E-state index in [9.17, 15) is 14.0 Å². The van der Waals surface area contributed by atoms with Crippen LogP contribution in [0.15, 0.2) is 29.2 Å². The average molecular weight is 324 g/mol. The molecule has 1 aliphatic heterocycles. The second-order valence-electron chi connectivity index (χ2n) is 5.46. The Morgan fingerprint density at radius 2 is 2.00 bits per heavy atom. The average Bonchev–Trinajstić information content (AvgIpc) is 2.49. The van der Waals surface area contributed by atoms with Gasteiger partial charge in [0.05, 0.1) is 0 Å². The van der Waals surface area contributed by atoms with Gasteiger partial charge in [-0.1, -0.05) is 0 Å². The highest BCUT2D eigenvalue weighted by Gasteiger charge is 2.27. The maximum Gasteiger partial charge on any atom is 0.223 e. The topological polar surface area (TPSA) is 63.4 Å². The van der Waals surface area contributed by atoms with Crippen molar-refractivity contribution < 1.29 is 14.0 Å². The minimum atomic E-state index is -0.356. The fourth-order valence-electron chi connectivity index (χ4n) is 2.70. The zero-order valence-corrected chi connectivity index (χ0v) is 13.3. The fourth-order valence-corrected chi connectivity index (χ4v) is 3.54. The van der Waals surface area contributed by atoms with Crippen molar-refractivity contribution in [2.24, 2.45) is 5.73 Å². The number of thioether (sulfide) groups is 1. The van der Waals surface area contributed by atoms with Crippen molar-refractivity contribution in [2.45, 2.75) is 43.0 Å². The Kier molecular flexibility index (Phi) is 6.24. The number of hydrogen-bond acceptors (Lipinski definition) is 3. The Hall–Kier alpha value is -1.56. The molecule has 0 aliphatic carbocycles. The first kappa shape index (κ1) is 16.8. The third-order valence-corrected chi connectivity index (χ3v) is 4.80. The third kappa shape index (κ3) is 5.02. The number of nitrogens with zero attached hydrogens (tertiary/aromatic N) is 1. The lowest BCUT2D eigenvalue weighted by Gasteiger charge is -2.35. The van der Waals surface area contributed by atoms with E-state index in [1.165, 1.54) is 23.9 Å². The quantitative estimate of drug-likeness (QED) is 0.818. The van der Waals surface area contributed by atoms with Crippen LogP contribution in [0.2, 0.25) is 0 Å². The molecule has 2 N–H and O–H groups in total. The molecule has 120 valence electrons. The molecule has 0 aromatic heterocycles. The van der Waals surface area contributed by atoms with Gasteiger partial charge >= 0.3 is 0 Å². The van der Waals surface area contributed by atoms with Crippen molar-refractivity contribution in [2.75, 3.05) is 12.3 Å². The predicted molar refractivity (Wildman–Crippen MR) is 84.9 cm³/mol. The third-order valence-electron chi connectivity index (χ3n) is 3.78. The van der Waals surface area contributed by atoms with E-state index in [-0.39, 0.29) is 30.1 Å². The van der Waals surface area contributed by atoms with Crippen LogP contribution in [0.3, 0.4) is 0 Å². The maximum absolute atomic E-state index is 12.8. The number of hydrogen-bond donors (Lipinski definition) is 1. The number of amides is 2. The van der Waals surface area contributed by atoms with Crippen LogP contribution >= 0.6 is 11.8 Å². The zero-order valence-electron chi connectivity index (χ0n) is 12.5. The van der Waals surface area contributed by atoms with Gasteiger partial charge in [0.1, 0.15) is 5.82 Å². The van der Waals surface area contributed by atoms with E-state index in [0.717, 1.165) is 24.2 Å². The van der Waals surface area contributed by atoms with Gasteiger partial charge in [0.15, 0.2) is 0 Å². The van der Waals surface area contributed by atoms with Crippen molar-refractivity contribution in [3.05, 3.63) is 30.1 Å². The summed E-state index contributed by atoms with van der Waals surface area (Å²) in [6.07, 6.45) is 3.52. The molecule has 1 aromatic rings. The Morgan fingerprint density at radius 3 is 2.68 bits per heavy atom. The molecule has 1 fully saturated rings. The highest BCUT2D eigenvalue weighted by Crippen LogP contribution is 2.23. The van der Waals surface area contributed by atoms with Gasteiger partial charge in [-0.3, -0.25) is 9.59 Å². The molecule has 0 unspecified atom stereocenters. The molecule has 1 saturated heterocycles. The van der Waals surface area contributed by atoms with Crippen molar-refractivity contribution in [3.8, 4) is 0 Å². The number of halogens is 1. The molecule has 0 radical (unpaired) electrons. The molecule has 2 rings (SSSR count). The number of rotatable bonds is 6. The summed E-state index contributed by atoms with van der Waals surface area (Å²) >= 11 is 1.53. The van der Waals surface area contributed by atoms with Gasteiger partial charge < -0.3 is 10.6 Å². The zero-order chi connectivity index (χ0) is 15.9. The number of nitrogens with two attached hydrogens (primary N) is 1. The normalized spacial score (nSPS) is 18.2. The van der Waals surface area contributed by atoms with E-state index < -0.39 is 0 Å². The Labute approximate surface area is 134 Å². The van der Waals surface area contributed by atoms with Gasteiger partial charge in [-0.05, 0) is 43.5 Å². The van der Waals surface area contributed by atoms with Crippen LogP contribution in [0.1, 0.15) is 32.1 Å². The lowest BCUT2D eigenvalue weighted by atomic mass is 9.99. The Bertz CT molecular complexity index is 521. The molecule has 2 amide bonds. The van der Waals surface area contributed by atoms with E-state index in [0.29, 0.717) is 18.7 Å². The van der Waals surface area contributed by atoms with Crippen LogP contribution in [0.25, 0.3) is 0 Å². The van der Waals surface area contributed by atoms with E-state index in [1.54, 1.807) is 17.0 Å². The summed E-state index contributed by atoms with van der Waals surface area (Å²) in [5.41, 5.74) is 5.26. The highest BCUT2D eigenvalue weighted by molar-refractivity contribution is 7.99.